The second kappa shape index (κ2) is 6.08. The Bertz CT molecular complexity index is 414. The molecule has 2 rings (SSSR count). The highest BCUT2D eigenvalue weighted by Gasteiger charge is 2.55. The van der Waals surface area contributed by atoms with E-state index in [0.717, 1.165) is 19.3 Å². The molecule has 21 heavy (non-hydrogen) atoms. The molecule has 4 nitrogen and oxygen atoms in total. The molecule has 4 atom stereocenters. The molecule has 1 saturated carbocycles. The van der Waals surface area contributed by atoms with Gasteiger partial charge >= 0.3 is 0 Å². The SMILES string of the molecule is COCC1(COC)C[C@@H]2CP(=O)(O)C([Si](C)(C)C)C[C@H]2C1. The number of fused-ring (bicyclic) bond motifs is 1. The zero-order valence-corrected chi connectivity index (χ0v) is 16.0. The van der Waals surface area contributed by atoms with Gasteiger partial charge in [-0.15, -0.1) is 0 Å². The quantitative estimate of drug-likeness (QED) is 0.619. The van der Waals surface area contributed by atoms with Crippen LogP contribution in [0.15, 0.2) is 0 Å². The fourth-order valence-corrected chi connectivity index (χ4v) is 12.9. The van der Waals surface area contributed by atoms with Crippen molar-refractivity contribution in [2.75, 3.05) is 33.6 Å². The minimum atomic E-state index is -3.00. The Kier molecular flexibility index (Phi) is 5.12. The fourth-order valence-electron chi connectivity index (χ4n) is 4.78. The van der Waals surface area contributed by atoms with Gasteiger partial charge in [0.15, 0.2) is 0 Å². The molecule has 1 aliphatic carbocycles. The van der Waals surface area contributed by atoms with Crippen LogP contribution in [-0.2, 0) is 14.0 Å². The minimum Gasteiger partial charge on any atom is -0.384 e. The number of ether oxygens (including phenoxy) is 2. The van der Waals surface area contributed by atoms with Gasteiger partial charge in [-0.25, -0.2) is 0 Å². The molecule has 0 amide bonds. The third kappa shape index (κ3) is 3.64. The summed E-state index contributed by atoms with van der Waals surface area (Å²) in [5, 5.41) is 0.0622. The van der Waals surface area contributed by atoms with E-state index >= 15 is 0 Å². The lowest BCUT2D eigenvalue weighted by Crippen LogP contribution is -2.44. The van der Waals surface area contributed by atoms with E-state index in [4.69, 9.17) is 9.47 Å². The molecule has 0 aromatic carbocycles. The lowest BCUT2D eigenvalue weighted by Gasteiger charge is -2.41. The highest BCUT2D eigenvalue weighted by atomic mass is 31.2. The minimum absolute atomic E-state index is 0.0488. The van der Waals surface area contributed by atoms with Gasteiger partial charge < -0.3 is 14.4 Å². The summed E-state index contributed by atoms with van der Waals surface area (Å²) in [5.74, 6) is 0.944. The molecule has 1 heterocycles. The summed E-state index contributed by atoms with van der Waals surface area (Å²) in [6.45, 7) is 8.08. The summed E-state index contributed by atoms with van der Waals surface area (Å²) in [4.78, 5) is 10.6. The Morgan fingerprint density at radius 2 is 1.67 bits per heavy atom. The first-order valence-corrected chi connectivity index (χ1v) is 13.4. The van der Waals surface area contributed by atoms with Crippen molar-refractivity contribution in [1.82, 2.24) is 0 Å². The molecule has 1 N–H and O–H groups in total. The van der Waals surface area contributed by atoms with Gasteiger partial charge in [-0.05, 0) is 31.1 Å². The predicted molar refractivity (Wildman–Crippen MR) is 88.8 cm³/mol. The highest BCUT2D eigenvalue weighted by molar-refractivity contribution is 7.61. The molecule has 0 radical (unpaired) electrons. The van der Waals surface area contributed by atoms with E-state index in [9.17, 15) is 9.46 Å². The maximum absolute atomic E-state index is 12.8. The van der Waals surface area contributed by atoms with Crippen molar-refractivity contribution in [3.63, 3.8) is 0 Å². The number of hydrogen-bond acceptors (Lipinski definition) is 3. The van der Waals surface area contributed by atoms with Crippen LogP contribution < -0.4 is 0 Å². The molecule has 0 spiro atoms. The number of rotatable bonds is 5. The van der Waals surface area contributed by atoms with E-state index < -0.39 is 15.4 Å². The zero-order chi connectivity index (χ0) is 15.9. The van der Waals surface area contributed by atoms with Gasteiger partial charge in [0.25, 0.3) is 0 Å². The van der Waals surface area contributed by atoms with Crippen molar-refractivity contribution in [3.8, 4) is 0 Å². The number of methoxy groups -OCH3 is 2. The normalized spacial score (nSPS) is 39.2. The van der Waals surface area contributed by atoms with Crippen LogP contribution in [0.1, 0.15) is 19.3 Å². The summed E-state index contributed by atoms with van der Waals surface area (Å²) in [7, 11) is -1.14. The van der Waals surface area contributed by atoms with Crippen molar-refractivity contribution < 1.29 is 18.9 Å². The van der Waals surface area contributed by atoms with Crippen LogP contribution in [0.2, 0.25) is 19.6 Å². The average molecular weight is 334 g/mol. The molecule has 6 heteroatoms. The second-order valence-electron chi connectivity index (χ2n) is 8.35. The topological polar surface area (TPSA) is 55.8 Å². The van der Waals surface area contributed by atoms with Crippen LogP contribution in [0.5, 0.6) is 0 Å². The Balaban J connectivity index is 2.20. The molecule has 1 saturated heterocycles. The van der Waals surface area contributed by atoms with Crippen molar-refractivity contribution in [3.05, 3.63) is 0 Å². The molecule has 124 valence electrons. The van der Waals surface area contributed by atoms with Crippen LogP contribution in [0.4, 0.5) is 0 Å². The van der Waals surface area contributed by atoms with Gasteiger partial charge in [-0.2, -0.15) is 0 Å². The Hall–Kier alpha value is 0.327. The third-order valence-electron chi connectivity index (χ3n) is 5.47. The van der Waals surface area contributed by atoms with Crippen LogP contribution in [-0.4, -0.2) is 51.8 Å². The molecule has 0 bridgehead atoms. The molecule has 1 aliphatic heterocycles. The van der Waals surface area contributed by atoms with Crippen LogP contribution >= 0.6 is 7.37 Å². The third-order valence-corrected chi connectivity index (χ3v) is 13.4. The van der Waals surface area contributed by atoms with Crippen molar-refractivity contribution in [2.24, 2.45) is 17.3 Å². The largest absolute Gasteiger partial charge is 0.384 e. The molecule has 2 fully saturated rings. The molecule has 0 aromatic heterocycles. The van der Waals surface area contributed by atoms with Crippen molar-refractivity contribution in [2.45, 2.75) is 44.2 Å². The number of hydrogen-bond donors (Lipinski definition) is 1. The fraction of sp³-hybridized carbons (Fsp3) is 1.00. The predicted octanol–water partition coefficient (Wildman–Crippen LogP) is 3.21. The smallest absolute Gasteiger partial charge is 0.201 e. The monoisotopic (exact) mass is 334 g/mol. The van der Waals surface area contributed by atoms with E-state index in [1.54, 1.807) is 14.2 Å². The van der Waals surface area contributed by atoms with E-state index in [1.165, 1.54) is 0 Å². The summed E-state index contributed by atoms with van der Waals surface area (Å²) < 4.78 is 23.7. The Morgan fingerprint density at radius 3 is 2.14 bits per heavy atom. The van der Waals surface area contributed by atoms with E-state index in [-0.39, 0.29) is 10.7 Å². The zero-order valence-electron chi connectivity index (χ0n) is 14.1. The maximum atomic E-state index is 12.8. The first-order chi connectivity index (χ1) is 9.63. The molecular formula is C15H31O4PSi. The van der Waals surface area contributed by atoms with Crippen molar-refractivity contribution in [1.29, 1.82) is 0 Å². The molecule has 2 aliphatic rings. The summed E-state index contributed by atoms with van der Waals surface area (Å²) >= 11 is 0. The summed E-state index contributed by atoms with van der Waals surface area (Å²) in [6.07, 6.45) is 3.51. The van der Waals surface area contributed by atoms with Crippen LogP contribution in [0.25, 0.3) is 0 Å². The van der Waals surface area contributed by atoms with Gasteiger partial charge in [0.05, 0.1) is 21.3 Å². The first-order valence-electron chi connectivity index (χ1n) is 7.93. The van der Waals surface area contributed by atoms with E-state index in [2.05, 4.69) is 19.6 Å². The van der Waals surface area contributed by atoms with Gasteiger partial charge in [0, 0.05) is 31.1 Å². The second-order valence-corrected chi connectivity index (χ2v) is 16.8. The summed E-state index contributed by atoms with van der Waals surface area (Å²) in [5.41, 5.74) is 0.0488. The van der Waals surface area contributed by atoms with Gasteiger partial charge in [0.1, 0.15) is 0 Å². The molecule has 2 unspecified atom stereocenters. The summed E-state index contributed by atoms with van der Waals surface area (Å²) in [6, 6.07) is 0. The molecule has 0 aromatic rings. The van der Waals surface area contributed by atoms with E-state index in [0.29, 0.717) is 31.2 Å². The lowest BCUT2D eigenvalue weighted by molar-refractivity contribution is 0.0107. The van der Waals surface area contributed by atoms with Crippen LogP contribution in [0.3, 0.4) is 0 Å². The first kappa shape index (κ1) is 17.7. The molecular weight excluding hydrogens is 303 g/mol. The van der Waals surface area contributed by atoms with Gasteiger partial charge in [0.2, 0.25) is 7.37 Å². The Labute approximate surface area is 130 Å². The van der Waals surface area contributed by atoms with E-state index in [1.807, 2.05) is 0 Å². The standard InChI is InChI=1S/C15H31O4PSi/c1-18-10-15(11-19-2)7-12-6-14(21(3,4)5)20(16,17)9-13(12)8-15/h12-14H,6-11H2,1-5H3,(H,16,17)/t12-,13+,14?/m0/s1. The van der Waals surface area contributed by atoms with Gasteiger partial charge in [-0.3, -0.25) is 4.57 Å². The Morgan fingerprint density at radius 1 is 1.14 bits per heavy atom. The average Bonchev–Trinajstić information content (AvgIpc) is 2.63. The van der Waals surface area contributed by atoms with Crippen LogP contribution in [0, 0.1) is 17.3 Å². The van der Waals surface area contributed by atoms with Gasteiger partial charge in [-0.1, -0.05) is 19.6 Å². The lowest BCUT2D eigenvalue weighted by atomic mass is 9.86. The highest BCUT2D eigenvalue weighted by Crippen LogP contribution is 2.64. The maximum Gasteiger partial charge on any atom is 0.201 e. The van der Waals surface area contributed by atoms with Crippen molar-refractivity contribution >= 4 is 15.4 Å².